The molecule has 116 valence electrons. The fourth-order valence-corrected chi connectivity index (χ4v) is 2.09. The van der Waals surface area contributed by atoms with Gasteiger partial charge in [-0.2, -0.15) is 0 Å². The molecule has 0 radical (unpaired) electrons. The summed E-state index contributed by atoms with van der Waals surface area (Å²) in [7, 11) is 6.54. The van der Waals surface area contributed by atoms with Crippen molar-refractivity contribution in [2.45, 2.75) is 0 Å². The lowest BCUT2D eigenvalue weighted by Crippen LogP contribution is -1.91. The Morgan fingerprint density at radius 1 is 0.591 bits per heavy atom. The maximum Gasteiger partial charge on any atom is 0.129 e. The molecular formula is C18H20O4. The van der Waals surface area contributed by atoms with Gasteiger partial charge in [0, 0.05) is 23.3 Å². The van der Waals surface area contributed by atoms with Gasteiger partial charge in [-0.15, -0.1) is 0 Å². The number of hydrogen-bond acceptors (Lipinski definition) is 4. The van der Waals surface area contributed by atoms with Crippen molar-refractivity contribution < 1.29 is 18.9 Å². The molecule has 0 spiro atoms. The van der Waals surface area contributed by atoms with E-state index in [1.807, 2.05) is 48.6 Å². The van der Waals surface area contributed by atoms with Crippen molar-refractivity contribution in [3.05, 3.63) is 47.5 Å². The summed E-state index contributed by atoms with van der Waals surface area (Å²) in [4.78, 5) is 0. The molecule has 0 aliphatic heterocycles. The van der Waals surface area contributed by atoms with E-state index in [4.69, 9.17) is 18.9 Å². The average Bonchev–Trinajstić information content (AvgIpc) is 2.59. The lowest BCUT2D eigenvalue weighted by molar-refractivity contribution is 0.393. The first-order chi connectivity index (χ1) is 10.7. The highest BCUT2D eigenvalue weighted by molar-refractivity contribution is 5.75. The van der Waals surface area contributed by atoms with Gasteiger partial charge in [-0.3, -0.25) is 0 Å². The Kier molecular flexibility index (Phi) is 5.31. The molecule has 4 heteroatoms. The van der Waals surface area contributed by atoms with E-state index in [9.17, 15) is 0 Å². The molecule has 0 aliphatic rings. The molecule has 0 aliphatic carbocycles. The molecule has 0 unspecified atom stereocenters. The van der Waals surface area contributed by atoms with E-state index in [0.717, 1.165) is 34.1 Å². The summed E-state index contributed by atoms with van der Waals surface area (Å²) in [5.41, 5.74) is 1.92. The van der Waals surface area contributed by atoms with Crippen LogP contribution in [0.1, 0.15) is 11.1 Å². The van der Waals surface area contributed by atoms with Gasteiger partial charge in [-0.1, -0.05) is 12.2 Å². The highest BCUT2D eigenvalue weighted by Gasteiger charge is 2.04. The van der Waals surface area contributed by atoms with Crippen LogP contribution in [-0.4, -0.2) is 28.4 Å². The molecule has 0 bridgehead atoms. The zero-order chi connectivity index (χ0) is 15.9. The van der Waals surface area contributed by atoms with Crippen LogP contribution in [0.5, 0.6) is 23.0 Å². The molecule has 0 heterocycles. The number of hydrogen-bond donors (Lipinski definition) is 0. The van der Waals surface area contributed by atoms with Crippen LogP contribution in [0.15, 0.2) is 36.4 Å². The fourth-order valence-electron chi connectivity index (χ4n) is 2.09. The minimum Gasteiger partial charge on any atom is -0.497 e. The highest BCUT2D eigenvalue weighted by Crippen LogP contribution is 2.29. The summed E-state index contributed by atoms with van der Waals surface area (Å²) < 4.78 is 21.2. The van der Waals surface area contributed by atoms with Crippen LogP contribution in [-0.2, 0) is 0 Å². The van der Waals surface area contributed by atoms with E-state index in [0.29, 0.717) is 0 Å². The second kappa shape index (κ2) is 7.41. The van der Waals surface area contributed by atoms with Crippen molar-refractivity contribution in [1.29, 1.82) is 0 Å². The van der Waals surface area contributed by atoms with Crippen LogP contribution >= 0.6 is 0 Å². The van der Waals surface area contributed by atoms with Crippen molar-refractivity contribution in [1.82, 2.24) is 0 Å². The summed E-state index contributed by atoms with van der Waals surface area (Å²) >= 11 is 0. The first kappa shape index (κ1) is 15.8. The van der Waals surface area contributed by atoms with E-state index in [-0.39, 0.29) is 0 Å². The van der Waals surface area contributed by atoms with Crippen LogP contribution in [0.2, 0.25) is 0 Å². The van der Waals surface area contributed by atoms with Crippen LogP contribution in [0, 0.1) is 0 Å². The zero-order valence-corrected chi connectivity index (χ0v) is 13.3. The number of benzene rings is 2. The molecule has 0 atom stereocenters. The van der Waals surface area contributed by atoms with Crippen molar-refractivity contribution in [2.24, 2.45) is 0 Å². The summed E-state index contributed by atoms with van der Waals surface area (Å²) in [6.45, 7) is 0. The van der Waals surface area contributed by atoms with E-state index >= 15 is 0 Å². The minimum absolute atomic E-state index is 0.753. The Labute approximate surface area is 130 Å². The van der Waals surface area contributed by atoms with E-state index in [1.54, 1.807) is 28.4 Å². The van der Waals surface area contributed by atoms with Gasteiger partial charge in [0.25, 0.3) is 0 Å². The zero-order valence-electron chi connectivity index (χ0n) is 13.3. The smallest absolute Gasteiger partial charge is 0.129 e. The summed E-state index contributed by atoms with van der Waals surface area (Å²) in [6.07, 6.45) is 3.95. The summed E-state index contributed by atoms with van der Waals surface area (Å²) in [5.74, 6) is 3.03. The lowest BCUT2D eigenvalue weighted by Gasteiger charge is -2.09. The monoisotopic (exact) mass is 300 g/mol. The maximum atomic E-state index is 5.39. The molecule has 0 saturated carbocycles. The molecule has 22 heavy (non-hydrogen) atoms. The van der Waals surface area contributed by atoms with Crippen LogP contribution in [0.3, 0.4) is 0 Å². The second-order valence-corrected chi connectivity index (χ2v) is 4.55. The van der Waals surface area contributed by atoms with Gasteiger partial charge < -0.3 is 18.9 Å². The summed E-state index contributed by atoms with van der Waals surface area (Å²) in [5, 5.41) is 0. The van der Waals surface area contributed by atoms with Crippen molar-refractivity contribution in [3.63, 3.8) is 0 Å². The number of ether oxygens (including phenoxy) is 4. The largest absolute Gasteiger partial charge is 0.497 e. The first-order valence-corrected chi connectivity index (χ1v) is 6.84. The first-order valence-electron chi connectivity index (χ1n) is 6.84. The number of rotatable bonds is 6. The molecule has 0 fully saturated rings. The Morgan fingerprint density at radius 3 is 1.32 bits per heavy atom. The Bertz CT molecular complexity index is 605. The molecule has 2 aromatic carbocycles. The average molecular weight is 300 g/mol. The van der Waals surface area contributed by atoms with E-state index in [2.05, 4.69) is 0 Å². The number of methoxy groups -OCH3 is 4. The lowest BCUT2D eigenvalue weighted by atomic mass is 10.1. The molecule has 0 amide bonds. The minimum atomic E-state index is 0.753. The third kappa shape index (κ3) is 3.52. The van der Waals surface area contributed by atoms with Crippen molar-refractivity contribution in [2.75, 3.05) is 28.4 Å². The fraction of sp³-hybridized carbons (Fsp3) is 0.222. The van der Waals surface area contributed by atoms with Gasteiger partial charge in [-0.25, -0.2) is 0 Å². The van der Waals surface area contributed by atoms with Gasteiger partial charge >= 0.3 is 0 Å². The van der Waals surface area contributed by atoms with Gasteiger partial charge in [0.1, 0.15) is 23.0 Å². The maximum absolute atomic E-state index is 5.39. The summed E-state index contributed by atoms with van der Waals surface area (Å²) in [6, 6.07) is 11.4. The van der Waals surface area contributed by atoms with Gasteiger partial charge in [0.05, 0.1) is 28.4 Å². The highest BCUT2D eigenvalue weighted by atomic mass is 16.5. The van der Waals surface area contributed by atoms with Crippen LogP contribution in [0.4, 0.5) is 0 Å². The molecule has 0 saturated heterocycles. The van der Waals surface area contributed by atoms with Gasteiger partial charge in [0.2, 0.25) is 0 Å². The van der Waals surface area contributed by atoms with Gasteiger partial charge in [0.15, 0.2) is 0 Å². The third-order valence-electron chi connectivity index (χ3n) is 3.32. The molecule has 2 rings (SSSR count). The molecule has 0 N–H and O–H groups in total. The van der Waals surface area contributed by atoms with E-state index < -0.39 is 0 Å². The topological polar surface area (TPSA) is 36.9 Å². The molecule has 4 nitrogen and oxygen atoms in total. The van der Waals surface area contributed by atoms with Crippen molar-refractivity contribution in [3.8, 4) is 23.0 Å². The second-order valence-electron chi connectivity index (χ2n) is 4.55. The predicted octanol–water partition coefficient (Wildman–Crippen LogP) is 3.89. The Balaban J connectivity index is 2.32. The van der Waals surface area contributed by atoms with Gasteiger partial charge in [-0.05, 0) is 24.3 Å². The van der Waals surface area contributed by atoms with Crippen LogP contribution in [0.25, 0.3) is 12.2 Å². The normalized spacial score (nSPS) is 10.5. The standard InChI is InChI=1S/C18H20O4/c1-19-15-9-7-13(17(11-15)21-3)5-6-14-8-10-16(20-2)12-18(14)22-4/h5-12H,1-4H3. The Hall–Kier alpha value is -2.62. The predicted molar refractivity (Wildman–Crippen MR) is 88.0 cm³/mol. The Morgan fingerprint density at radius 2 is 1.00 bits per heavy atom. The SMILES string of the molecule is COc1ccc(C=Cc2ccc(OC)cc2OC)c(OC)c1. The van der Waals surface area contributed by atoms with Crippen LogP contribution < -0.4 is 18.9 Å². The molecule has 2 aromatic rings. The molecular weight excluding hydrogens is 280 g/mol. The molecule has 0 aromatic heterocycles. The quantitative estimate of drug-likeness (QED) is 0.758. The third-order valence-corrected chi connectivity index (χ3v) is 3.32. The van der Waals surface area contributed by atoms with E-state index in [1.165, 1.54) is 0 Å². The van der Waals surface area contributed by atoms with Crippen molar-refractivity contribution >= 4 is 12.2 Å².